The average Bonchev–Trinajstić information content (AvgIpc) is 3.27. The number of unbranched alkanes of at least 4 members (excludes halogenated alkanes) is 16. The highest BCUT2D eigenvalue weighted by Crippen LogP contribution is 2.38. The van der Waals surface area contributed by atoms with Gasteiger partial charge >= 0.3 is 11.9 Å². The van der Waals surface area contributed by atoms with Gasteiger partial charge in [-0.25, -0.2) is 0 Å². The van der Waals surface area contributed by atoms with E-state index in [1.165, 1.54) is 70.6 Å². The predicted molar refractivity (Wildman–Crippen MR) is 277 cm³/mol. The molecule has 0 aliphatic heterocycles. The normalized spacial score (nSPS) is 14.2. The van der Waals surface area contributed by atoms with Gasteiger partial charge in [-0.05, 0) is 96.3 Å². The molecule has 2 atom stereocenters. The highest BCUT2D eigenvalue weighted by molar-refractivity contribution is 7.45. The molecular weight excluding hydrogens is 846 g/mol. The molecule has 0 amide bonds. The lowest BCUT2D eigenvalue weighted by Gasteiger charge is -2.28. The van der Waals surface area contributed by atoms with E-state index in [0.717, 1.165) is 83.5 Å². The van der Waals surface area contributed by atoms with Crippen LogP contribution in [0.2, 0.25) is 0 Å². The molecule has 0 aromatic rings. The van der Waals surface area contributed by atoms with Crippen molar-refractivity contribution < 1.29 is 42.1 Å². The van der Waals surface area contributed by atoms with Crippen LogP contribution >= 0.6 is 7.82 Å². The van der Waals surface area contributed by atoms with Crippen molar-refractivity contribution in [2.24, 2.45) is 0 Å². The van der Waals surface area contributed by atoms with Crippen molar-refractivity contribution in [1.29, 1.82) is 0 Å². The van der Waals surface area contributed by atoms with Gasteiger partial charge in [-0.3, -0.25) is 14.2 Å². The second-order valence-corrected chi connectivity index (χ2v) is 19.6. The Morgan fingerprint density at radius 3 is 1.32 bits per heavy atom. The Hall–Kier alpha value is -3.07. The van der Waals surface area contributed by atoms with Gasteiger partial charge in [0.15, 0.2) is 6.10 Å². The number of rotatable bonds is 46. The monoisotopic (exact) mass is 942 g/mol. The summed E-state index contributed by atoms with van der Waals surface area (Å²) in [7, 11) is 1.12. The van der Waals surface area contributed by atoms with Crippen LogP contribution < -0.4 is 4.89 Å². The highest BCUT2D eigenvalue weighted by Gasteiger charge is 2.21. The van der Waals surface area contributed by atoms with Crippen LogP contribution in [0.1, 0.15) is 194 Å². The summed E-state index contributed by atoms with van der Waals surface area (Å²) in [6.07, 6.45) is 63.0. The van der Waals surface area contributed by atoms with Gasteiger partial charge in [-0.15, -0.1) is 0 Å². The summed E-state index contributed by atoms with van der Waals surface area (Å²) in [4.78, 5) is 37.7. The van der Waals surface area contributed by atoms with Gasteiger partial charge in [0, 0.05) is 12.8 Å². The molecule has 0 saturated heterocycles. The zero-order valence-electron chi connectivity index (χ0n) is 42.6. The van der Waals surface area contributed by atoms with E-state index >= 15 is 0 Å². The first-order valence-electron chi connectivity index (χ1n) is 25.9. The van der Waals surface area contributed by atoms with Gasteiger partial charge in [-0.1, -0.05) is 182 Å². The van der Waals surface area contributed by atoms with E-state index in [9.17, 15) is 19.0 Å². The van der Waals surface area contributed by atoms with E-state index in [1.54, 1.807) is 0 Å². The Bertz CT molecular complexity index is 1440. The summed E-state index contributed by atoms with van der Waals surface area (Å²) in [5.41, 5.74) is 0. The second kappa shape index (κ2) is 47.0. The minimum Gasteiger partial charge on any atom is -0.756 e. The number of phosphoric ester groups is 1. The Labute approximate surface area is 404 Å². The third-order valence-electron chi connectivity index (χ3n) is 10.6. The Kier molecular flexibility index (Phi) is 44.8. The third kappa shape index (κ3) is 50.3. The summed E-state index contributed by atoms with van der Waals surface area (Å²) >= 11 is 0. The van der Waals surface area contributed by atoms with Gasteiger partial charge in [0.2, 0.25) is 0 Å². The largest absolute Gasteiger partial charge is 0.756 e. The number of hydrogen-bond donors (Lipinski definition) is 0. The first-order chi connectivity index (χ1) is 32.0. The zero-order chi connectivity index (χ0) is 48.5. The van der Waals surface area contributed by atoms with Crippen molar-refractivity contribution in [2.75, 3.05) is 47.5 Å². The molecule has 0 fully saturated rings. The SMILES string of the molecule is CC/C=C\C/C=C\C/C=C\C/C=C\C/C=C\C/C=C\CCCCC(=O)OC(COC(=O)CCCCCCCCCCC/C=C\C/C=C\CCCCCCC)COP(=O)([O-])OCC[N+](C)(C)C. The van der Waals surface area contributed by atoms with Gasteiger partial charge in [-0.2, -0.15) is 0 Å². The number of carbonyl (C=O) groups is 2. The van der Waals surface area contributed by atoms with Crippen molar-refractivity contribution in [1.82, 2.24) is 0 Å². The number of likely N-dealkylation sites (N-methyl/N-ethyl adjacent to an activating group) is 1. The van der Waals surface area contributed by atoms with Gasteiger partial charge in [0.25, 0.3) is 7.82 Å². The number of ether oxygens (including phenoxy) is 2. The smallest absolute Gasteiger partial charge is 0.306 e. The van der Waals surface area contributed by atoms with Crippen LogP contribution in [0.5, 0.6) is 0 Å². The summed E-state index contributed by atoms with van der Waals surface area (Å²) in [6, 6.07) is 0. The first-order valence-corrected chi connectivity index (χ1v) is 27.4. The van der Waals surface area contributed by atoms with E-state index in [0.29, 0.717) is 23.9 Å². The van der Waals surface area contributed by atoms with Gasteiger partial charge < -0.3 is 27.9 Å². The molecular formula is C56H96NO8P. The number of nitrogens with zero attached hydrogens (tertiary/aromatic N) is 1. The molecule has 66 heavy (non-hydrogen) atoms. The lowest BCUT2D eigenvalue weighted by atomic mass is 10.1. The maximum absolute atomic E-state index is 12.7. The van der Waals surface area contributed by atoms with Gasteiger partial charge in [0.1, 0.15) is 19.8 Å². The standard InChI is InChI=1S/C56H96NO8P/c1-6-8-10-12-14-16-18-20-22-24-26-28-30-32-34-36-38-40-42-44-46-48-55(58)62-52-54(53-64-66(60,61)63-51-50-57(3,4)5)65-56(59)49-47-45-43-41-39-37-35-33-31-29-27-25-23-21-19-17-15-13-11-9-7-2/h9,11,15,17-18,20-21,23-24,26-27,29,33,35,39,41,54H,6-8,10,12-14,16,19,22,25,28,30-32,34,36-38,40,42-53H2,1-5H3/b11-9-,17-15-,20-18-,23-21-,26-24-,29-27-,35-33-,41-39-. The van der Waals surface area contributed by atoms with Crippen molar-refractivity contribution in [2.45, 2.75) is 200 Å². The van der Waals surface area contributed by atoms with Crippen LogP contribution in [0, 0.1) is 0 Å². The fourth-order valence-electron chi connectivity index (χ4n) is 6.57. The van der Waals surface area contributed by atoms with E-state index in [1.807, 2.05) is 21.1 Å². The van der Waals surface area contributed by atoms with Crippen LogP contribution in [0.3, 0.4) is 0 Å². The number of quaternary nitrogens is 1. The van der Waals surface area contributed by atoms with E-state index in [-0.39, 0.29) is 26.1 Å². The summed E-state index contributed by atoms with van der Waals surface area (Å²) in [5.74, 6) is -0.896. The molecule has 378 valence electrons. The Morgan fingerprint density at radius 1 is 0.485 bits per heavy atom. The van der Waals surface area contributed by atoms with Crippen LogP contribution in [-0.2, 0) is 32.7 Å². The van der Waals surface area contributed by atoms with Crippen molar-refractivity contribution in [3.63, 3.8) is 0 Å². The van der Waals surface area contributed by atoms with Gasteiger partial charge in [0.05, 0.1) is 27.7 Å². The molecule has 0 aromatic heterocycles. The minimum absolute atomic E-state index is 0.0455. The topological polar surface area (TPSA) is 111 Å². The molecule has 9 nitrogen and oxygen atoms in total. The molecule has 0 N–H and O–H groups in total. The molecule has 0 radical (unpaired) electrons. The molecule has 0 saturated carbocycles. The second-order valence-electron chi connectivity index (χ2n) is 18.1. The first kappa shape index (κ1) is 62.9. The number of carbonyl (C=O) groups excluding carboxylic acids is 2. The molecule has 10 heteroatoms. The molecule has 0 aliphatic rings. The molecule has 0 heterocycles. The minimum atomic E-state index is -4.65. The summed E-state index contributed by atoms with van der Waals surface area (Å²) in [5, 5.41) is 0. The van der Waals surface area contributed by atoms with E-state index in [2.05, 4.69) is 111 Å². The molecule has 0 aromatic carbocycles. The Balaban J connectivity index is 4.36. The number of phosphoric acid groups is 1. The highest BCUT2D eigenvalue weighted by atomic mass is 31.2. The van der Waals surface area contributed by atoms with Crippen molar-refractivity contribution in [3.8, 4) is 0 Å². The quantitative estimate of drug-likeness (QED) is 0.0195. The third-order valence-corrected chi connectivity index (χ3v) is 11.6. The average molecular weight is 942 g/mol. The van der Waals surface area contributed by atoms with E-state index < -0.39 is 32.5 Å². The van der Waals surface area contributed by atoms with E-state index in [4.69, 9.17) is 18.5 Å². The van der Waals surface area contributed by atoms with Crippen LogP contribution in [0.4, 0.5) is 0 Å². The molecule has 0 rings (SSSR count). The van der Waals surface area contributed by atoms with Crippen molar-refractivity contribution in [3.05, 3.63) is 97.2 Å². The molecule has 0 aliphatic carbocycles. The predicted octanol–water partition coefficient (Wildman–Crippen LogP) is 15.1. The lowest BCUT2D eigenvalue weighted by molar-refractivity contribution is -0.870. The summed E-state index contributed by atoms with van der Waals surface area (Å²) in [6.45, 7) is 4.04. The number of allylic oxidation sites excluding steroid dienone is 16. The fourth-order valence-corrected chi connectivity index (χ4v) is 7.30. The Morgan fingerprint density at radius 2 is 0.864 bits per heavy atom. The van der Waals surface area contributed by atoms with Crippen LogP contribution in [0.15, 0.2) is 97.2 Å². The maximum Gasteiger partial charge on any atom is 0.306 e. The van der Waals surface area contributed by atoms with Crippen LogP contribution in [0.25, 0.3) is 0 Å². The fraction of sp³-hybridized carbons (Fsp3) is 0.679. The zero-order valence-corrected chi connectivity index (χ0v) is 43.5. The molecule has 0 bridgehead atoms. The molecule has 2 unspecified atom stereocenters. The maximum atomic E-state index is 12.7. The van der Waals surface area contributed by atoms with Crippen LogP contribution in [-0.4, -0.2) is 70.0 Å². The van der Waals surface area contributed by atoms with Crippen molar-refractivity contribution >= 4 is 19.8 Å². The summed E-state index contributed by atoms with van der Waals surface area (Å²) < 4.78 is 34.0. The number of esters is 2. The molecule has 0 spiro atoms. The number of hydrogen-bond acceptors (Lipinski definition) is 8. The lowest BCUT2D eigenvalue weighted by Crippen LogP contribution is -2.37.